The van der Waals surface area contributed by atoms with E-state index in [2.05, 4.69) is 66.1 Å². The summed E-state index contributed by atoms with van der Waals surface area (Å²) in [5.41, 5.74) is 2.48. The molecule has 0 atom stereocenters. The SMILES string of the molecule is COC(=O)C1(c2ccc(N(CC(C)C)CC(C)C)c(Nc3ncccn3)c2)CCCC1. The Morgan fingerprint density at radius 2 is 1.71 bits per heavy atom. The van der Waals surface area contributed by atoms with Crippen LogP contribution in [-0.2, 0) is 14.9 Å². The van der Waals surface area contributed by atoms with Crippen LogP contribution in [0.15, 0.2) is 36.7 Å². The molecule has 1 aliphatic carbocycles. The average Bonchev–Trinajstić information content (AvgIpc) is 3.24. The molecular formula is C25H36N4O2. The van der Waals surface area contributed by atoms with Crippen LogP contribution in [0.5, 0.6) is 0 Å². The molecule has 0 unspecified atom stereocenters. The summed E-state index contributed by atoms with van der Waals surface area (Å²) in [5, 5.41) is 3.42. The Morgan fingerprint density at radius 1 is 1.10 bits per heavy atom. The molecule has 6 heteroatoms. The average molecular weight is 425 g/mol. The Morgan fingerprint density at radius 3 is 2.26 bits per heavy atom. The van der Waals surface area contributed by atoms with Gasteiger partial charge in [-0.15, -0.1) is 0 Å². The van der Waals surface area contributed by atoms with Crippen molar-refractivity contribution >= 4 is 23.3 Å². The zero-order valence-corrected chi connectivity index (χ0v) is 19.5. The number of aromatic nitrogens is 2. The number of anilines is 3. The van der Waals surface area contributed by atoms with Crippen molar-refractivity contribution in [2.45, 2.75) is 58.8 Å². The second-order valence-electron chi connectivity index (χ2n) is 9.40. The molecule has 3 rings (SSSR count). The van der Waals surface area contributed by atoms with Gasteiger partial charge in [-0.05, 0) is 48.4 Å². The van der Waals surface area contributed by atoms with E-state index >= 15 is 0 Å². The highest BCUT2D eigenvalue weighted by molar-refractivity contribution is 5.85. The van der Waals surface area contributed by atoms with Gasteiger partial charge in [0, 0.05) is 25.5 Å². The standard InChI is InChI=1S/C25H36N4O2/c1-18(2)16-29(17-19(3)4)22-10-9-20(25(23(30)31-5)11-6-7-12-25)15-21(22)28-24-26-13-8-14-27-24/h8-10,13-15,18-19H,6-7,11-12,16-17H2,1-5H3,(H,26,27,28). The van der Waals surface area contributed by atoms with Crippen LogP contribution in [0.1, 0.15) is 58.9 Å². The number of carbonyl (C=O) groups excluding carboxylic acids is 1. The topological polar surface area (TPSA) is 67.3 Å². The number of carbonyl (C=O) groups is 1. The van der Waals surface area contributed by atoms with E-state index in [-0.39, 0.29) is 5.97 Å². The molecular weight excluding hydrogens is 388 g/mol. The fourth-order valence-electron chi connectivity index (χ4n) is 4.63. The summed E-state index contributed by atoms with van der Waals surface area (Å²) < 4.78 is 5.24. The summed E-state index contributed by atoms with van der Waals surface area (Å²) in [6.07, 6.45) is 7.17. The molecule has 1 N–H and O–H groups in total. The predicted octanol–water partition coefficient (Wildman–Crippen LogP) is 5.32. The molecule has 1 saturated carbocycles. The molecule has 0 saturated heterocycles. The van der Waals surface area contributed by atoms with Gasteiger partial charge in [0.05, 0.1) is 23.9 Å². The Hall–Kier alpha value is -2.63. The van der Waals surface area contributed by atoms with E-state index in [1.165, 1.54) is 7.11 Å². The molecule has 0 spiro atoms. The summed E-state index contributed by atoms with van der Waals surface area (Å²) in [4.78, 5) is 24.0. The zero-order valence-electron chi connectivity index (χ0n) is 19.5. The molecule has 0 radical (unpaired) electrons. The van der Waals surface area contributed by atoms with Gasteiger partial charge in [0.1, 0.15) is 0 Å². The number of methoxy groups -OCH3 is 1. The summed E-state index contributed by atoms with van der Waals surface area (Å²) in [5.74, 6) is 1.46. The minimum atomic E-state index is -0.567. The number of hydrogen-bond acceptors (Lipinski definition) is 6. The van der Waals surface area contributed by atoms with Gasteiger partial charge in [0.15, 0.2) is 0 Å². The quantitative estimate of drug-likeness (QED) is 0.549. The van der Waals surface area contributed by atoms with E-state index in [1.807, 2.05) is 0 Å². The maximum absolute atomic E-state index is 12.8. The van der Waals surface area contributed by atoms with Crippen molar-refractivity contribution in [2.24, 2.45) is 11.8 Å². The normalized spacial score (nSPS) is 15.3. The molecule has 1 fully saturated rings. The number of hydrogen-bond donors (Lipinski definition) is 1. The minimum absolute atomic E-state index is 0.138. The van der Waals surface area contributed by atoms with Crippen LogP contribution in [0.4, 0.5) is 17.3 Å². The van der Waals surface area contributed by atoms with Gasteiger partial charge in [0.2, 0.25) is 5.95 Å². The molecule has 1 aliphatic rings. The van der Waals surface area contributed by atoms with Crippen molar-refractivity contribution in [1.82, 2.24) is 9.97 Å². The second-order valence-corrected chi connectivity index (χ2v) is 9.40. The lowest BCUT2D eigenvalue weighted by Gasteiger charge is -2.32. The van der Waals surface area contributed by atoms with Gasteiger partial charge < -0.3 is 15.0 Å². The van der Waals surface area contributed by atoms with Gasteiger partial charge >= 0.3 is 5.97 Å². The van der Waals surface area contributed by atoms with Crippen molar-refractivity contribution in [3.63, 3.8) is 0 Å². The third-order valence-corrected chi connectivity index (χ3v) is 5.91. The van der Waals surface area contributed by atoms with E-state index in [0.717, 1.165) is 55.7 Å². The summed E-state index contributed by atoms with van der Waals surface area (Å²) in [6, 6.07) is 8.18. The summed E-state index contributed by atoms with van der Waals surface area (Å²) in [7, 11) is 1.49. The third kappa shape index (κ3) is 5.35. The first-order valence-corrected chi connectivity index (χ1v) is 11.4. The molecule has 0 aliphatic heterocycles. The van der Waals surface area contributed by atoms with E-state index in [4.69, 9.17) is 4.74 Å². The zero-order chi connectivity index (χ0) is 22.4. The summed E-state index contributed by atoms with van der Waals surface area (Å²) >= 11 is 0. The van der Waals surface area contributed by atoms with E-state index in [9.17, 15) is 4.79 Å². The molecule has 1 aromatic heterocycles. The molecule has 2 aromatic rings. The van der Waals surface area contributed by atoms with Crippen LogP contribution in [0.25, 0.3) is 0 Å². The van der Waals surface area contributed by atoms with Gasteiger partial charge in [-0.25, -0.2) is 9.97 Å². The van der Waals surface area contributed by atoms with Crippen molar-refractivity contribution < 1.29 is 9.53 Å². The smallest absolute Gasteiger partial charge is 0.316 e. The first-order valence-electron chi connectivity index (χ1n) is 11.4. The van der Waals surface area contributed by atoms with Crippen molar-refractivity contribution in [1.29, 1.82) is 0 Å². The Kier molecular flexibility index (Phi) is 7.52. The lowest BCUT2D eigenvalue weighted by atomic mass is 9.78. The highest BCUT2D eigenvalue weighted by Crippen LogP contribution is 2.44. The molecule has 1 heterocycles. The lowest BCUT2D eigenvalue weighted by Crippen LogP contribution is -2.35. The second kappa shape index (κ2) is 10.1. The molecule has 31 heavy (non-hydrogen) atoms. The third-order valence-electron chi connectivity index (χ3n) is 5.91. The van der Waals surface area contributed by atoms with Crippen LogP contribution < -0.4 is 10.2 Å². The Bertz CT molecular complexity index is 851. The van der Waals surface area contributed by atoms with E-state index in [0.29, 0.717) is 17.8 Å². The largest absolute Gasteiger partial charge is 0.468 e. The first-order chi connectivity index (χ1) is 14.9. The number of nitrogens with zero attached hydrogens (tertiary/aromatic N) is 3. The first kappa shape index (κ1) is 23.0. The van der Waals surface area contributed by atoms with E-state index in [1.54, 1.807) is 18.5 Å². The van der Waals surface area contributed by atoms with Gasteiger partial charge in [-0.3, -0.25) is 4.79 Å². The van der Waals surface area contributed by atoms with Crippen LogP contribution in [0, 0.1) is 11.8 Å². The molecule has 1 aromatic carbocycles. The maximum atomic E-state index is 12.8. The monoisotopic (exact) mass is 424 g/mol. The molecule has 6 nitrogen and oxygen atoms in total. The van der Waals surface area contributed by atoms with Crippen LogP contribution in [0.2, 0.25) is 0 Å². The Balaban J connectivity index is 2.08. The fourth-order valence-corrected chi connectivity index (χ4v) is 4.63. The van der Waals surface area contributed by atoms with E-state index < -0.39 is 5.41 Å². The highest BCUT2D eigenvalue weighted by atomic mass is 16.5. The number of esters is 1. The van der Waals surface area contributed by atoms with Crippen molar-refractivity contribution in [3.05, 3.63) is 42.2 Å². The fraction of sp³-hybridized carbons (Fsp3) is 0.560. The number of nitrogens with one attached hydrogen (secondary N) is 1. The van der Waals surface area contributed by atoms with Crippen molar-refractivity contribution in [2.75, 3.05) is 30.4 Å². The van der Waals surface area contributed by atoms with Crippen LogP contribution in [-0.4, -0.2) is 36.1 Å². The van der Waals surface area contributed by atoms with Gasteiger partial charge in [0.25, 0.3) is 0 Å². The van der Waals surface area contributed by atoms with Crippen molar-refractivity contribution in [3.8, 4) is 0 Å². The minimum Gasteiger partial charge on any atom is -0.468 e. The Labute approximate surface area is 186 Å². The summed E-state index contributed by atoms with van der Waals surface area (Å²) in [6.45, 7) is 10.8. The molecule has 0 amide bonds. The number of rotatable bonds is 9. The lowest BCUT2D eigenvalue weighted by molar-refractivity contribution is -0.147. The molecule has 168 valence electrons. The van der Waals surface area contributed by atoms with Crippen LogP contribution >= 0.6 is 0 Å². The number of ether oxygens (including phenoxy) is 1. The van der Waals surface area contributed by atoms with Gasteiger partial charge in [-0.2, -0.15) is 0 Å². The maximum Gasteiger partial charge on any atom is 0.316 e. The van der Waals surface area contributed by atoms with Gasteiger partial charge in [-0.1, -0.05) is 46.6 Å². The highest BCUT2D eigenvalue weighted by Gasteiger charge is 2.44. The van der Waals surface area contributed by atoms with Crippen LogP contribution in [0.3, 0.4) is 0 Å². The predicted molar refractivity (Wildman–Crippen MR) is 126 cm³/mol. The molecule has 0 bridgehead atoms. The number of benzene rings is 1.